The fourth-order valence-electron chi connectivity index (χ4n) is 8.41. The Labute approximate surface area is 360 Å². The standard InChI is InChI=1S/C53H60O8/c1-34-20-37(14-18-49(34)40-8-6-10-47(24-40)60-32-38-12-15-43(28-55)45(22-38)30-57)26-53(4,5)52(59)51(36(3)27-54)42-17-19-50(35(2)21-42)41-9-7-11-48(25-41)61-33-39-13-16-44(29-56)46(23-39)31-58/h6-25,36,51-52,54-59H,26-33H2,1-5H3. The van der Waals surface area contributed by atoms with Gasteiger partial charge in [-0.3, -0.25) is 0 Å². The third-order valence-corrected chi connectivity index (χ3v) is 12.0. The van der Waals surface area contributed by atoms with Crippen LogP contribution in [-0.2, 0) is 46.1 Å². The van der Waals surface area contributed by atoms with Crippen molar-refractivity contribution in [2.45, 2.75) is 92.7 Å². The van der Waals surface area contributed by atoms with E-state index in [4.69, 9.17) is 9.47 Å². The normalized spacial score (nSPS) is 13.2. The number of aliphatic hydroxyl groups excluding tert-OH is 6. The summed E-state index contributed by atoms with van der Waals surface area (Å²) in [7, 11) is 0. The molecule has 6 rings (SSSR count). The van der Waals surface area contributed by atoms with Crippen LogP contribution in [0.2, 0.25) is 0 Å². The highest BCUT2D eigenvalue weighted by Crippen LogP contribution is 2.41. The van der Waals surface area contributed by atoms with Gasteiger partial charge in [-0.15, -0.1) is 0 Å². The minimum Gasteiger partial charge on any atom is -0.489 e. The van der Waals surface area contributed by atoms with Crippen LogP contribution in [-0.4, -0.2) is 43.4 Å². The van der Waals surface area contributed by atoms with Gasteiger partial charge in [0, 0.05) is 12.5 Å². The summed E-state index contributed by atoms with van der Waals surface area (Å²) in [6, 6.07) is 39.8. The van der Waals surface area contributed by atoms with Crippen molar-refractivity contribution >= 4 is 0 Å². The van der Waals surface area contributed by atoms with E-state index >= 15 is 0 Å². The van der Waals surface area contributed by atoms with Crippen molar-refractivity contribution in [1.29, 1.82) is 0 Å². The first-order chi connectivity index (χ1) is 29.4. The third kappa shape index (κ3) is 11.0. The minimum absolute atomic E-state index is 0.0587. The van der Waals surface area contributed by atoms with Gasteiger partial charge >= 0.3 is 0 Å². The van der Waals surface area contributed by atoms with Crippen molar-refractivity contribution in [3.05, 3.63) is 177 Å². The number of aryl methyl sites for hydroxylation is 2. The molecule has 0 aliphatic carbocycles. The van der Waals surface area contributed by atoms with Gasteiger partial charge in [0.1, 0.15) is 24.7 Å². The fourth-order valence-corrected chi connectivity index (χ4v) is 8.41. The van der Waals surface area contributed by atoms with Gasteiger partial charge in [0.05, 0.1) is 32.5 Å². The van der Waals surface area contributed by atoms with E-state index in [1.165, 1.54) is 0 Å². The van der Waals surface area contributed by atoms with Gasteiger partial charge < -0.3 is 40.1 Å². The second-order valence-corrected chi connectivity index (χ2v) is 17.0. The molecule has 0 aliphatic rings. The summed E-state index contributed by atoms with van der Waals surface area (Å²) >= 11 is 0. The highest BCUT2D eigenvalue weighted by Gasteiger charge is 2.38. The molecule has 8 heteroatoms. The quantitative estimate of drug-likeness (QED) is 0.0476. The van der Waals surface area contributed by atoms with Gasteiger partial charge in [0.2, 0.25) is 0 Å². The Morgan fingerprint density at radius 2 is 1.00 bits per heavy atom. The maximum atomic E-state index is 12.2. The predicted octanol–water partition coefficient (Wildman–Crippen LogP) is 9.11. The number of hydrogen-bond acceptors (Lipinski definition) is 8. The Kier molecular flexibility index (Phi) is 15.2. The first-order valence-corrected chi connectivity index (χ1v) is 21.0. The van der Waals surface area contributed by atoms with Gasteiger partial charge in [-0.25, -0.2) is 0 Å². The average Bonchev–Trinajstić information content (AvgIpc) is 3.27. The second kappa shape index (κ2) is 20.5. The molecular formula is C53H60O8. The molecule has 0 spiro atoms. The molecule has 0 bridgehead atoms. The zero-order valence-corrected chi connectivity index (χ0v) is 35.9. The largest absolute Gasteiger partial charge is 0.489 e. The molecule has 6 aromatic rings. The zero-order valence-electron chi connectivity index (χ0n) is 35.9. The van der Waals surface area contributed by atoms with Crippen LogP contribution in [0.25, 0.3) is 22.3 Å². The highest BCUT2D eigenvalue weighted by molar-refractivity contribution is 5.70. The monoisotopic (exact) mass is 824 g/mol. The van der Waals surface area contributed by atoms with Crippen LogP contribution >= 0.6 is 0 Å². The lowest BCUT2D eigenvalue weighted by molar-refractivity contribution is 0.00362. The van der Waals surface area contributed by atoms with E-state index in [0.29, 0.717) is 47.6 Å². The number of benzene rings is 6. The number of hydrogen-bond donors (Lipinski definition) is 6. The van der Waals surface area contributed by atoms with Crippen LogP contribution in [0.1, 0.15) is 82.3 Å². The summed E-state index contributed by atoms with van der Waals surface area (Å²) in [6.45, 7) is 10.4. The number of aliphatic hydroxyl groups is 6. The van der Waals surface area contributed by atoms with E-state index in [0.717, 1.165) is 61.4 Å². The van der Waals surface area contributed by atoms with E-state index < -0.39 is 11.5 Å². The van der Waals surface area contributed by atoms with Gasteiger partial charge in [-0.05, 0) is 146 Å². The molecule has 8 nitrogen and oxygen atoms in total. The summed E-state index contributed by atoms with van der Waals surface area (Å²) in [5, 5.41) is 61.1. The SMILES string of the molecule is Cc1cc(CC(C)(C)C(O)C(c2ccc(-c3cccc(OCc4ccc(CO)c(CO)c4)c3)c(C)c2)C(C)CO)ccc1-c1cccc(OCc2ccc(CO)c(CO)c2)c1. The molecule has 0 amide bonds. The molecule has 0 aliphatic heterocycles. The Hall–Kier alpha value is -5.32. The molecule has 0 saturated carbocycles. The molecule has 3 unspecified atom stereocenters. The van der Waals surface area contributed by atoms with Crippen molar-refractivity contribution in [1.82, 2.24) is 0 Å². The Balaban J connectivity index is 1.14. The first kappa shape index (κ1) is 45.2. The lowest BCUT2D eigenvalue weighted by atomic mass is 9.69. The molecule has 0 saturated heterocycles. The van der Waals surface area contributed by atoms with E-state index in [9.17, 15) is 30.6 Å². The third-order valence-electron chi connectivity index (χ3n) is 12.0. The summed E-state index contributed by atoms with van der Waals surface area (Å²) in [5.41, 5.74) is 12.5. The van der Waals surface area contributed by atoms with E-state index in [1.807, 2.05) is 85.8 Å². The summed E-state index contributed by atoms with van der Waals surface area (Å²) in [6.07, 6.45) is -0.120. The first-order valence-electron chi connectivity index (χ1n) is 21.0. The van der Waals surface area contributed by atoms with Gasteiger partial charge in [-0.2, -0.15) is 0 Å². The minimum atomic E-state index is -0.753. The molecule has 6 N–H and O–H groups in total. The maximum absolute atomic E-state index is 12.2. The topological polar surface area (TPSA) is 140 Å². The van der Waals surface area contributed by atoms with Crippen LogP contribution in [0.4, 0.5) is 0 Å². The van der Waals surface area contributed by atoms with Gasteiger partial charge in [0.25, 0.3) is 0 Å². The van der Waals surface area contributed by atoms with Crippen LogP contribution in [0.5, 0.6) is 11.5 Å². The number of rotatable bonds is 19. The van der Waals surface area contributed by atoms with Gasteiger partial charge in [0.15, 0.2) is 0 Å². The summed E-state index contributed by atoms with van der Waals surface area (Å²) in [4.78, 5) is 0. The molecule has 0 heterocycles. The van der Waals surface area contributed by atoms with E-state index in [-0.39, 0.29) is 44.9 Å². The molecule has 6 aromatic carbocycles. The van der Waals surface area contributed by atoms with Crippen molar-refractivity contribution in [3.8, 4) is 33.8 Å². The average molecular weight is 825 g/mol. The Morgan fingerprint density at radius 3 is 1.46 bits per heavy atom. The second-order valence-electron chi connectivity index (χ2n) is 17.0. The molecule has 0 fully saturated rings. The molecule has 3 atom stereocenters. The molecular weight excluding hydrogens is 765 g/mol. The Morgan fingerprint density at radius 1 is 0.525 bits per heavy atom. The fraction of sp³-hybridized carbons (Fsp3) is 0.321. The smallest absolute Gasteiger partial charge is 0.120 e. The summed E-state index contributed by atoms with van der Waals surface area (Å²) < 4.78 is 12.3. The maximum Gasteiger partial charge on any atom is 0.120 e. The zero-order chi connectivity index (χ0) is 43.7. The van der Waals surface area contributed by atoms with Crippen LogP contribution in [0.15, 0.2) is 121 Å². The van der Waals surface area contributed by atoms with Crippen LogP contribution in [0, 0.1) is 25.2 Å². The molecule has 0 radical (unpaired) electrons. The molecule has 320 valence electrons. The summed E-state index contributed by atoms with van der Waals surface area (Å²) in [5.74, 6) is 0.940. The lowest BCUT2D eigenvalue weighted by Crippen LogP contribution is -2.40. The number of ether oxygens (including phenoxy) is 2. The molecule has 61 heavy (non-hydrogen) atoms. The van der Waals surface area contributed by atoms with Crippen LogP contribution in [0.3, 0.4) is 0 Å². The van der Waals surface area contributed by atoms with Crippen molar-refractivity contribution in [2.24, 2.45) is 11.3 Å². The van der Waals surface area contributed by atoms with E-state index in [2.05, 4.69) is 70.2 Å². The lowest BCUT2D eigenvalue weighted by Gasteiger charge is -2.39. The van der Waals surface area contributed by atoms with Crippen molar-refractivity contribution < 1.29 is 40.1 Å². The highest BCUT2D eigenvalue weighted by atomic mass is 16.5. The van der Waals surface area contributed by atoms with Crippen molar-refractivity contribution in [2.75, 3.05) is 6.61 Å². The Bertz CT molecular complexity index is 2400. The molecule has 0 aromatic heterocycles. The van der Waals surface area contributed by atoms with Gasteiger partial charge in [-0.1, -0.05) is 106 Å². The van der Waals surface area contributed by atoms with Crippen molar-refractivity contribution in [3.63, 3.8) is 0 Å². The predicted molar refractivity (Wildman–Crippen MR) is 241 cm³/mol. The van der Waals surface area contributed by atoms with E-state index in [1.54, 1.807) is 0 Å². The van der Waals surface area contributed by atoms with Crippen LogP contribution < -0.4 is 9.47 Å².